The van der Waals surface area contributed by atoms with Gasteiger partial charge >= 0.3 is 12.0 Å². The number of carbonyl (C=O) groups excluding carboxylic acids is 1. The van der Waals surface area contributed by atoms with E-state index >= 15 is 0 Å². The molecule has 110 valence electrons. The van der Waals surface area contributed by atoms with E-state index < -0.39 is 5.97 Å². The van der Waals surface area contributed by atoms with Crippen molar-refractivity contribution in [1.29, 1.82) is 0 Å². The number of aliphatic carboxylic acids is 1. The van der Waals surface area contributed by atoms with Crippen molar-refractivity contribution in [2.24, 2.45) is 0 Å². The SMILES string of the molecule is CC(C)N(CC(=O)O)C(=O)NCCc1ccc(Cl)cc1. The molecule has 0 fully saturated rings. The fourth-order valence-electron chi connectivity index (χ4n) is 1.70. The first kappa shape index (κ1) is 16.3. The maximum atomic E-state index is 11.9. The van der Waals surface area contributed by atoms with Crippen molar-refractivity contribution in [2.75, 3.05) is 13.1 Å². The Morgan fingerprint density at radius 3 is 2.40 bits per heavy atom. The molecule has 0 spiro atoms. The van der Waals surface area contributed by atoms with E-state index in [9.17, 15) is 9.59 Å². The lowest BCUT2D eigenvalue weighted by molar-refractivity contribution is -0.138. The van der Waals surface area contributed by atoms with Gasteiger partial charge in [-0.15, -0.1) is 0 Å². The second-order valence-electron chi connectivity index (χ2n) is 4.72. The summed E-state index contributed by atoms with van der Waals surface area (Å²) in [7, 11) is 0. The van der Waals surface area contributed by atoms with Crippen molar-refractivity contribution in [3.05, 3.63) is 34.9 Å². The number of amides is 2. The smallest absolute Gasteiger partial charge is 0.323 e. The Kier molecular flexibility index (Phi) is 6.31. The van der Waals surface area contributed by atoms with Crippen LogP contribution in [0, 0.1) is 0 Å². The predicted molar refractivity (Wildman–Crippen MR) is 78.0 cm³/mol. The highest BCUT2D eigenvalue weighted by atomic mass is 35.5. The fraction of sp³-hybridized carbons (Fsp3) is 0.429. The first-order chi connectivity index (χ1) is 9.40. The van der Waals surface area contributed by atoms with Gasteiger partial charge in [-0.1, -0.05) is 23.7 Å². The molecule has 0 atom stereocenters. The van der Waals surface area contributed by atoms with Crippen molar-refractivity contribution < 1.29 is 14.7 Å². The zero-order chi connectivity index (χ0) is 15.1. The van der Waals surface area contributed by atoms with Crippen LogP contribution in [0.25, 0.3) is 0 Å². The molecule has 6 heteroatoms. The molecule has 2 N–H and O–H groups in total. The van der Waals surface area contributed by atoms with Gasteiger partial charge in [-0.25, -0.2) is 4.79 Å². The standard InChI is InChI=1S/C14H19ClN2O3/c1-10(2)17(9-13(18)19)14(20)16-8-7-11-3-5-12(15)6-4-11/h3-6,10H,7-9H2,1-2H3,(H,16,20)(H,18,19). The molecule has 0 aliphatic heterocycles. The maximum absolute atomic E-state index is 11.9. The van der Waals surface area contributed by atoms with Crippen LogP contribution in [0.4, 0.5) is 4.79 Å². The van der Waals surface area contributed by atoms with Crippen LogP contribution in [0.5, 0.6) is 0 Å². The number of urea groups is 1. The molecule has 0 bridgehead atoms. The van der Waals surface area contributed by atoms with E-state index in [2.05, 4.69) is 5.32 Å². The Bertz CT molecular complexity index is 460. The van der Waals surface area contributed by atoms with Crippen LogP contribution < -0.4 is 5.32 Å². The van der Waals surface area contributed by atoms with Crippen LogP contribution in [0.2, 0.25) is 5.02 Å². The number of carbonyl (C=O) groups is 2. The van der Waals surface area contributed by atoms with Gasteiger partial charge in [0.15, 0.2) is 0 Å². The van der Waals surface area contributed by atoms with Crippen LogP contribution in [-0.4, -0.2) is 41.1 Å². The predicted octanol–water partition coefficient (Wildman–Crippen LogP) is 2.39. The first-order valence-electron chi connectivity index (χ1n) is 6.41. The molecule has 0 aliphatic rings. The average Bonchev–Trinajstić information content (AvgIpc) is 2.37. The summed E-state index contributed by atoms with van der Waals surface area (Å²) in [5.41, 5.74) is 1.06. The Hall–Kier alpha value is -1.75. The summed E-state index contributed by atoms with van der Waals surface area (Å²) in [6, 6.07) is 6.85. The van der Waals surface area contributed by atoms with E-state index in [0.717, 1.165) is 5.56 Å². The monoisotopic (exact) mass is 298 g/mol. The minimum atomic E-state index is -1.02. The number of benzene rings is 1. The zero-order valence-corrected chi connectivity index (χ0v) is 12.4. The lowest BCUT2D eigenvalue weighted by Gasteiger charge is -2.25. The summed E-state index contributed by atoms with van der Waals surface area (Å²) >= 11 is 5.79. The molecule has 5 nitrogen and oxygen atoms in total. The number of halogens is 1. The van der Waals surface area contributed by atoms with Gasteiger partial charge in [-0.2, -0.15) is 0 Å². The number of hydrogen-bond donors (Lipinski definition) is 2. The van der Waals surface area contributed by atoms with E-state index in [1.807, 2.05) is 12.1 Å². The van der Waals surface area contributed by atoms with Crippen LogP contribution in [0.15, 0.2) is 24.3 Å². The lowest BCUT2D eigenvalue weighted by atomic mass is 10.1. The van der Waals surface area contributed by atoms with Crippen LogP contribution >= 0.6 is 11.6 Å². The van der Waals surface area contributed by atoms with E-state index in [1.54, 1.807) is 26.0 Å². The second kappa shape index (κ2) is 7.75. The third kappa shape index (κ3) is 5.48. The van der Waals surface area contributed by atoms with Crippen molar-refractivity contribution >= 4 is 23.6 Å². The largest absolute Gasteiger partial charge is 0.480 e. The minimum absolute atomic E-state index is 0.165. The molecule has 0 saturated heterocycles. The Balaban J connectivity index is 2.44. The van der Waals surface area contributed by atoms with Gasteiger partial charge in [0, 0.05) is 17.6 Å². The molecular weight excluding hydrogens is 280 g/mol. The van der Waals surface area contributed by atoms with Gasteiger partial charge < -0.3 is 15.3 Å². The molecule has 0 unspecified atom stereocenters. The third-order valence-electron chi connectivity index (χ3n) is 2.79. The number of hydrogen-bond acceptors (Lipinski definition) is 2. The minimum Gasteiger partial charge on any atom is -0.480 e. The molecule has 2 amide bonds. The molecule has 20 heavy (non-hydrogen) atoms. The van der Waals surface area contributed by atoms with Crippen LogP contribution in [-0.2, 0) is 11.2 Å². The fourth-order valence-corrected chi connectivity index (χ4v) is 1.83. The summed E-state index contributed by atoms with van der Waals surface area (Å²) in [5, 5.41) is 12.2. The van der Waals surface area contributed by atoms with E-state index in [-0.39, 0.29) is 18.6 Å². The Morgan fingerprint density at radius 1 is 1.30 bits per heavy atom. The zero-order valence-electron chi connectivity index (χ0n) is 11.6. The second-order valence-corrected chi connectivity index (χ2v) is 5.16. The van der Waals surface area contributed by atoms with Crippen molar-refractivity contribution in [3.8, 4) is 0 Å². The van der Waals surface area contributed by atoms with Gasteiger partial charge in [0.05, 0.1) is 0 Å². The normalized spacial score (nSPS) is 10.4. The van der Waals surface area contributed by atoms with Crippen molar-refractivity contribution in [3.63, 3.8) is 0 Å². The van der Waals surface area contributed by atoms with Crippen LogP contribution in [0.1, 0.15) is 19.4 Å². The lowest BCUT2D eigenvalue weighted by Crippen LogP contribution is -2.46. The van der Waals surface area contributed by atoms with Gasteiger partial charge in [0.2, 0.25) is 0 Å². The van der Waals surface area contributed by atoms with Gasteiger partial charge in [-0.3, -0.25) is 4.79 Å². The molecule has 1 rings (SSSR count). The molecule has 0 heterocycles. The quantitative estimate of drug-likeness (QED) is 0.847. The number of nitrogens with zero attached hydrogens (tertiary/aromatic N) is 1. The molecule has 0 aliphatic carbocycles. The number of nitrogens with one attached hydrogen (secondary N) is 1. The number of carboxylic acids is 1. The van der Waals surface area contributed by atoms with Gasteiger partial charge in [0.25, 0.3) is 0 Å². The van der Waals surface area contributed by atoms with Crippen LogP contribution in [0.3, 0.4) is 0 Å². The highest BCUT2D eigenvalue weighted by Crippen LogP contribution is 2.09. The summed E-state index contributed by atoms with van der Waals surface area (Å²) in [4.78, 5) is 23.9. The van der Waals surface area contributed by atoms with Crippen molar-refractivity contribution in [1.82, 2.24) is 10.2 Å². The number of rotatable bonds is 6. The van der Waals surface area contributed by atoms with Crippen molar-refractivity contribution in [2.45, 2.75) is 26.3 Å². The Labute approximate surface area is 123 Å². The first-order valence-corrected chi connectivity index (χ1v) is 6.78. The highest BCUT2D eigenvalue weighted by Gasteiger charge is 2.19. The Morgan fingerprint density at radius 2 is 1.90 bits per heavy atom. The van der Waals surface area contributed by atoms with E-state index in [0.29, 0.717) is 18.0 Å². The molecule has 1 aromatic rings. The summed E-state index contributed by atoms with van der Waals surface area (Å²) in [6.07, 6.45) is 0.669. The highest BCUT2D eigenvalue weighted by molar-refractivity contribution is 6.30. The summed E-state index contributed by atoms with van der Waals surface area (Å²) < 4.78 is 0. The van der Waals surface area contributed by atoms with E-state index in [1.165, 1.54) is 4.90 Å². The summed E-state index contributed by atoms with van der Waals surface area (Å²) in [5.74, 6) is -1.02. The topological polar surface area (TPSA) is 69.6 Å². The number of carboxylic acid groups (broad SMARTS) is 1. The molecule has 0 saturated carbocycles. The van der Waals surface area contributed by atoms with Gasteiger partial charge in [0.1, 0.15) is 6.54 Å². The molecule has 1 aromatic carbocycles. The summed E-state index contributed by atoms with van der Waals surface area (Å²) in [6.45, 7) is 3.71. The van der Waals surface area contributed by atoms with Gasteiger partial charge in [-0.05, 0) is 38.0 Å². The average molecular weight is 299 g/mol. The van der Waals surface area contributed by atoms with E-state index in [4.69, 9.17) is 16.7 Å². The molecule has 0 aromatic heterocycles. The molecule has 0 radical (unpaired) electrons. The molecular formula is C14H19ClN2O3. The third-order valence-corrected chi connectivity index (χ3v) is 3.04. The maximum Gasteiger partial charge on any atom is 0.323 e.